The molecule has 8 heteroatoms. The molecule has 0 bridgehead atoms. The van der Waals surface area contributed by atoms with Crippen molar-refractivity contribution in [3.8, 4) is 0 Å². The van der Waals surface area contributed by atoms with Gasteiger partial charge in [0.25, 0.3) is 0 Å². The number of aromatic nitrogens is 1. The molecular weight excluding hydrogens is 397 g/mol. The van der Waals surface area contributed by atoms with E-state index < -0.39 is 0 Å². The van der Waals surface area contributed by atoms with Crippen LogP contribution >= 0.6 is 46.3 Å². The summed E-state index contributed by atoms with van der Waals surface area (Å²) in [5, 5.41) is 1.99. The summed E-state index contributed by atoms with van der Waals surface area (Å²) < 4.78 is 0.914. The van der Waals surface area contributed by atoms with Gasteiger partial charge < -0.3 is 0 Å². The number of thiazole rings is 1. The first-order valence-corrected chi connectivity index (χ1v) is 10.1. The van der Waals surface area contributed by atoms with Crippen molar-refractivity contribution < 1.29 is 4.79 Å². The van der Waals surface area contributed by atoms with Gasteiger partial charge in [-0.2, -0.15) is 0 Å². The zero-order valence-electron chi connectivity index (χ0n) is 13.3. The normalized spacial score (nSPS) is 10.8. The smallest absolute Gasteiger partial charge is 0.239 e. The van der Waals surface area contributed by atoms with Crippen molar-refractivity contribution in [2.45, 2.75) is 18.2 Å². The Bertz CT molecular complexity index is 858. The van der Waals surface area contributed by atoms with E-state index >= 15 is 0 Å². The van der Waals surface area contributed by atoms with Crippen molar-refractivity contribution >= 4 is 67.6 Å². The standard InChI is InChI=1S/C17H15Cl2N3OS2/c1-10-2-7-13(19)16-15(10)20-17(25-16)22-21-14(23)8-9-24-12-5-3-11(18)4-6-12/h2-7H,8-9H2,1H3,(H,20,22)(H,21,23). The molecular formula is C17H15Cl2N3OS2. The Morgan fingerprint density at radius 2 is 1.96 bits per heavy atom. The minimum Gasteiger partial charge on any atom is -0.273 e. The van der Waals surface area contributed by atoms with Gasteiger partial charge in [-0.25, -0.2) is 4.98 Å². The number of carbonyl (C=O) groups is 1. The maximum atomic E-state index is 12.0. The Balaban J connectivity index is 1.50. The third-order valence-electron chi connectivity index (χ3n) is 3.42. The third kappa shape index (κ3) is 4.79. The molecule has 0 atom stereocenters. The van der Waals surface area contributed by atoms with Crippen molar-refractivity contribution in [1.29, 1.82) is 0 Å². The van der Waals surface area contributed by atoms with Gasteiger partial charge in [-0.15, -0.1) is 11.8 Å². The second-order valence-corrected chi connectivity index (χ2v) is 8.30. The molecule has 1 aromatic heterocycles. The molecule has 3 aromatic rings. The summed E-state index contributed by atoms with van der Waals surface area (Å²) in [7, 11) is 0. The average molecular weight is 412 g/mol. The fraction of sp³-hybridized carbons (Fsp3) is 0.176. The molecule has 0 saturated heterocycles. The van der Waals surface area contributed by atoms with E-state index in [0.717, 1.165) is 20.7 Å². The highest BCUT2D eigenvalue weighted by Gasteiger charge is 2.10. The summed E-state index contributed by atoms with van der Waals surface area (Å²) in [6, 6.07) is 11.3. The zero-order valence-corrected chi connectivity index (χ0v) is 16.5. The number of anilines is 1. The monoisotopic (exact) mass is 411 g/mol. The van der Waals surface area contributed by atoms with E-state index in [4.69, 9.17) is 23.2 Å². The highest BCUT2D eigenvalue weighted by molar-refractivity contribution is 7.99. The molecule has 1 heterocycles. The second kappa shape index (κ2) is 8.27. The van der Waals surface area contributed by atoms with Crippen LogP contribution in [0.2, 0.25) is 10.0 Å². The Morgan fingerprint density at radius 1 is 1.20 bits per heavy atom. The van der Waals surface area contributed by atoms with Crippen molar-refractivity contribution in [3.63, 3.8) is 0 Å². The van der Waals surface area contributed by atoms with Crippen LogP contribution in [0.15, 0.2) is 41.3 Å². The lowest BCUT2D eigenvalue weighted by Gasteiger charge is -2.05. The number of fused-ring (bicyclic) bond motifs is 1. The van der Waals surface area contributed by atoms with Crippen molar-refractivity contribution in [2.75, 3.05) is 11.2 Å². The van der Waals surface area contributed by atoms with Gasteiger partial charge in [-0.05, 0) is 42.8 Å². The number of hydrogen-bond donors (Lipinski definition) is 2. The van der Waals surface area contributed by atoms with Crippen LogP contribution in [0, 0.1) is 6.92 Å². The Kier molecular flexibility index (Phi) is 6.06. The minimum absolute atomic E-state index is 0.0939. The number of amides is 1. The molecule has 2 aromatic carbocycles. The molecule has 0 spiro atoms. The van der Waals surface area contributed by atoms with Crippen molar-refractivity contribution in [2.24, 2.45) is 0 Å². The molecule has 2 N–H and O–H groups in total. The van der Waals surface area contributed by atoms with Gasteiger partial charge in [0.15, 0.2) is 0 Å². The van der Waals surface area contributed by atoms with Gasteiger partial charge in [0, 0.05) is 22.1 Å². The molecule has 0 radical (unpaired) electrons. The van der Waals surface area contributed by atoms with Crippen LogP contribution in [0.25, 0.3) is 10.2 Å². The summed E-state index contributed by atoms with van der Waals surface area (Å²) in [6.45, 7) is 1.98. The van der Waals surface area contributed by atoms with Gasteiger partial charge >= 0.3 is 0 Å². The quantitative estimate of drug-likeness (QED) is 0.413. The molecule has 0 aliphatic heterocycles. The molecule has 0 aliphatic rings. The number of hydrogen-bond acceptors (Lipinski definition) is 5. The van der Waals surface area contributed by atoms with Crippen LogP contribution in [-0.4, -0.2) is 16.6 Å². The summed E-state index contributed by atoms with van der Waals surface area (Å²) in [4.78, 5) is 17.5. The van der Waals surface area contributed by atoms with Crippen molar-refractivity contribution in [3.05, 3.63) is 52.0 Å². The molecule has 0 unspecified atom stereocenters. The molecule has 0 aliphatic carbocycles. The summed E-state index contributed by atoms with van der Waals surface area (Å²) >= 11 is 15.1. The maximum absolute atomic E-state index is 12.0. The number of nitrogens with zero attached hydrogens (tertiary/aromatic N) is 1. The number of hydrazine groups is 1. The number of aryl methyl sites for hydroxylation is 1. The Morgan fingerprint density at radius 3 is 2.68 bits per heavy atom. The largest absolute Gasteiger partial charge is 0.273 e. The van der Waals surface area contributed by atoms with Gasteiger partial charge in [0.2, 0.25) is 11.0 Å². The summed E-state index contributed by atoms with van der Waals surface area (Å²) in [5.74, 6) is 0.587. The van der Waals surface area contributed by atoms with Crippen LogP contribution in [0.4, 0.5) is 5.13 Å². The average Bonchev–Trinajstić information content (AvgIpc) is 3.04. The van der Waals surface area contributed by atoms with Crippen LogP contribution < -0.4 is 10.9 Å². The number of thioether (sulfide) groups is 1. The highest BCUT2D eigenvalue weighted by Crippen LogP contribution is 2.33. The maximum Gasteiger partial charge on any atom is 0.239 e. The van der Waals surface area contributed by atoms with Gasteiger partial charge in [-0.1, -0.05) is 40.6 Å². The van der Waals surface area contributed by atoms with Crippen LogP contribution in [-0.2, 0) is 4.79 Å². The van der Waals surface area contributed by atoms with E-state index in [1.54, 1.807) is 11.8 Å². The van der Waals surface area contributed by atoms with Gasteiger partial charge in [-0.3, -0.25) is 15.6 Å². The molecule has 1 amide bonds. The predicted molar refractivity (Wildman–Crippen MR) is 108 cm³/mol. The number of benzene rings is 2. The van der Waals surface area contributed by atoms with Crippen LogP contribution in [0.3, 0.4) is 0 Å². The molecule has 25 heavy (non-hydrogen) atoms. The van der Waals surface area contributed by atoms with Gasteiger partial charge in [0.05, 0.1) is 15.2 Å². The lowest BCUT2D eigenvalue weighted by atomic mass is 10.2. The topological polar surface area (TPSA) is 54.0 Å². The second-order valence-electron chi connectivity index (χ2n) is 5.29. The van der Waals surface area contributed by atoms with E-state index in [-0.39, 0.29) is 5.91 Å². The first-order chi connectivity index (χ1) is 12.0. The van der Waals surface area contributed by atoms with E-state index in [0.29, 0.717) is 27.4 Å². The van der Waals surface area contributed by atoms with E-state index in [2.05, 4.69) is 15.8 Å². The Hall–Kier alpha value is -1.47. The third-order valence-corrected chi connectivity index (χ3v) is 6.11. The zero-order chi connectivity index (χ0) is 17.8. The first-order valence-electron chi connectivity index (χ1n) is 7.52. The molecule has 130 valence electrons. The fourth-order valence-electron chi connectivity index (χ4n) is 2.13. The summed E-state index contributed by atoms with van der Waals surface area (Å²) in [5.41, 5.74) is 7.45. The van der Waals surface area contributed by atoms with E-state index in [9.17, 15) is 4.79 Å². The van der Waals surface area contributed by atoms with E-state index in [1.807, 2.05) is 43.3 Å². The van der Waals surface area contributed by atoms with Gasteiger partial charge in [0.1, 0.15) is 0 Å². The fourth-order valence-corrected chi connectivity index (χ4v) is 4.28. The lowest BCUT2D eigenvalue weighted by Crippen LogP contribution is -2.29. The Labute approximate surface area is 163 Å². The van der Waals surface area contributed by atoms with E-state index in [1.165, 1.54) is 11.3 Å². The highest BCUT2D eigenvalue weighted by atomic mass is 35.5. The van der Waals surface area contributed by atoms with Crippen LogP contribution in [0.5, 0.6) is 0 Å². The van der Waals surface area contributed by atoms with Crippen molar-refractivity contribution in [1.82, 2.24) is 10.4 Å². The SMILES string of the molecule is Cc1ccc(Cl)c2sc(NNC(=O)CCSc3ccc(Cl)cc3)nc12. The van der Waals surface area contributed by atoms with Crippen LogP contribution in [0.1, 0.15) is 12.0 Å². The predicted octanol–water partition coefficient (Wildman–Crippen LogP) is 5.54. The molecule has 4 nitrogen and oxygen atoms in total. The lowest BCUT2D eigenvalue weighted by molar-refractivity contribution is -0.120. The number of halogens is 2. The number of carbonyl (C=O) groups excluding carboxylic acids is 1. The molecule has 3 rings (SSSR count). The molecule has 0 saturated carbocycles. The summed E-state index contributed by atoms with van der Waals surface area (Å²) in [6.07, 6.45) is 0.394. The first kappa shape index (κ1) is 18.3. The molecule has 0 fully saturated rings. The number of rotatable bonds is 6. The number of nitrogens with one attached hydrogen (secondary N) is 2. The minimum atomic E-state index is -0.0939.